The maximum atomic E-state index is 12.3. The van der Waals surface area contributed by atoms with Gasteiger partial charge in [0.2, 0.25) is 5.91 Å². The summed E-state index contributed by atoms with van der Waals surface area (Å²) in [6.45, 7) is 7.00. The topological polar surface area (TPSA) is 75.7 Å². The van der Waals surface area contributed by atoms with Crippen molar-refractivity contribution in [1.82, 2.24) is 4.90 Å². The maximum absolute atomic E-state index is 12.3. The molecule has 6 heteroatoms. The van der Waals surface area contributed by atoms with E-state index in [1.165, 1.54) is 11.9 Å². The van der Waals surface area contributed by atoms with Crippen LogP contribution in [-0.4, -0.2) is 42.9 Å². The summed E-state index contributed by atoms with van der Waals surface area (Å²) in [5.74, 6) is -1.31. The second-order valence-corrected chi connectivity index (χ2v) is 6.89. The van der Waals surface area contributed by atoms with Gasteiger partial charge in [0, 0.05) is 12.7 Å². The SMILES string of the molecule is Cc1cccc(C(=O)OCC(=O)N(C)CC(=O)Nc2c(C)cccc2C)c1C. The smallest absolute Gasteiger partial charge is 0.338 e. The fourth-order valence-electron chi connectivity index (χ4n) is 2.78. The van der Waals surface area contributed by atoms with Crippen LogP contribution >= 0.6 is 0 Å². The van der Waals surface area contributed by atoms with Crippen LogP contribution in [0.1, 0.15) is 32.6 Å². The van der Waals surface area contributed by atoms with Crippen molar-refractivity contribution in [3.05, 3.63) is 64.2 Å². The van der Waals surface area contributed by atoms with Crippen LogP contribution < -0.4 is 5.32 Å². The van der Waals surface area contributed by atoms with E-state index in [4.69, 9.17) is 4.74 Å². The summed E-state index contributed by atoms with van der Waals surface area (Å²) in [5.41, 5.74) is 4.87. The Balaban J connectivity index is 1.89. The molecule has 0 unspecified atom stereocenters. The number of anilines is 1. The number of amides is 2. The summed E-state index contributed by atoms with van der Waals surface area (Å²) in [7, 11) is 1.50. The molecule has 2 rings (SSSR count). The quantitative estimate of drug-likeness (QED) is 0.779. The molecule has 2 aromatic rings. The Morgan fingerprint density at radius 1 is 0.929 bits per heavy atom. The maximum Gasteiger partial charge on any atom is 0.338 e. The molecule has 28 heavy (non-hydrogen) atoms. The summed E-state index contributed by atoms with van der Waals surface area (Å²) in [6.07, 6.45) is 0. The number of carbonyl (C=O) groups is 3. The fraction of sp³-hybridized carbons (Fsp3) is 0.318. The van der Waals surface area contributed by atoms with Crippen LogP contribution in [0.25, 0.3) is 0 Å². The molecule has 1 N–H and O–H groups in total. The van der Waals surface area contributed by atoms with E-state index in [9.17, 15) is 14.4 Å². The van der Waals surface area contributed by atoms with Crippen molar-refractivity contribution in [1.29, 1.82) is 0 Å². The third-order valence-electron chi connectivity index (χ3n) is 4.70. The summed E-state index contributed by atoms with van der Waals surface area (Å²) < 4.78 is 5.12. The number of esters is 1. The zero-order valence-electron chi connectivity index (χ0n) is 17.0. The van der Waals surface area contributed by atoms with Gasteiger partial charge in [-0.2, -0.15) is 0 Å². The highest BCUT2D eigenvalue weighted by Crippen LogP contribution is 2.19. The Labute approximate surface area is 165 Å². The number of likely N-dealkylation sites (N-methyl/N-ethyl adjacent to an activating group) is 1. The van der Waals surface area contributed by atoms with Crippen LogP contribution in [0.3, 0.4) is 0 Å². The molecule has 0 aliphatic carbocycles. The molecule has 148 valence electrons. The number of para-hydroxylation sites is 1. The van der Waals surface area contributed by atoms with E-state index in [0.717, 1.165) is 27.9 Å². The summed E-state index contributed by atoms with van der Waals surface area (Å²) >= 11 is 0. The minimum absolute atomic E-state index is 0.131. The van der Waals surface area contributed by atoms with Crippen LogP contribution in [-0.2, 0) is 14.3 Å². The molecule has 0 radical (unpaired) electrons. The molecule has 0 heterocycles. The number of nitrogens with one attached hydrogen (secondary N) is 1. The monoisotopic (exact) mass is 382 g/mol. The lowest BCUT2D eigenvalue weighted by atomic mass is 10.0. The Bertz CT molecular complexity index is 885. The first-order chi connectivity index (χ1) is 13.2. The summed E-state index contributed by atoms with van der Waals surface area (Å²) in [6, 6.07) is 11.1. The predicted octanol–water partition coefficient (Wildman–Crippen LogP) is 3.17. The van der Waals surface area contributed by atoms with Gasteiger partial charge in [-0.1, -0.05) is 30.3 Å². The van der Waals surface area contributed by atoms with E-state index in [1.807, 2.05) is 52.0 Å². The molecule has 6 nitrogen and oxygen atoms in total. The molecular weight excluding hydrogens is 356 g/mol. The number of hydrogen-bond donors (Lipinski definition) is 1. The van der Waals surface area contributed by atoms with Crippen LogP contribution in [0.4, 0.5) is 5.69 Å². The summed E-state index contributed by atoms with van der Waals surface area (Å²) in [4.78, 5) is 37.9. The largest absolute Gasteiger partial charge is 0.452 e. The molecule has 0 atom stereocenters. The number of aryl methyl sites for hydroxylation is 3. The van der Waals surface area contributed by atoms with Gasteiger partial charge in [0.15, 0.2) is 6.61 Å². The average molecular weight is 382 g/mol. The first-order valence-electron chi connectivity index (χ1n) is 9.04. The molecule has 0 saturated heterocycles. The molecule has 0 saturated carbocycles. The molecule has 0 aliphatic rings. The lowest BCUT2D eigenvalue weighted by molar-refractivity contribution is -0.136. The van der Waals surface area contributed by atoms with Crippen molar-refractivity contribution in [2.75, 3.05) is 25.5 Å². The lowest BCUT2D eigenvalue weighted by Crippen LogP contribution is -2.37. The lowest BCUT2D eigenvalue weighted by Gasteiger charge is -2.18. The zero-order valence-corrected chi connectivity index (χ0v) is 17.0. The van der Waals surface area contributed by atoms with Gasteiger partial charge in [0.05, 0.1) is 12.1 Å². The standard InChI is InChI=1S/C22H26N2O4/c1-14-8-7-11-18(17(14)4)22(27)28-13-20(26)24(5)12-19(25)23-21-15(2)9-6-10-16(21)3/h6-11H,12-13H2,1-5H3,(H,23,25). The van der Waals surface area contributed by atoms with E-state index < -0.39 is 18.5 Å². The molecule has 0 bridgehead atoms. The number of nitrogens with zero attached hydrogens (tertiary/aromatic N) is 1. The van der Waals surface area contributed by atoms with E-state index in [2.05, 4.69) is 5.32 Å². The van der Waals surface area contributed by atoms with Gasteiger partial charge < -0.3 is 15.0 Å². The van der Waals surface area contributed by atoms with Gasteiger partial charge in [0.1, 0.15) is 0 Å². The second-order valence-electron chi connectivity index (χ2n) is 6.89. The van der Waals surface area contributed by atoms with Gasteiger partial charge in [-0.05, 0) is 56.0 Å². The Kier molecular flexibility index (Phi) is 6.93. The highest BCUT2D eigenvalue weighted by molar-refractivity contribution is 5.96. The fourth-order valence-corrected chi connectivity index (χ4v) is 2.78. The van der Waals surface area contributed by atoms with E-state index in [0.29, 0.717) is 5.56 Å². The Hall–Kier alpha value is -3.15. The van der Waals surface area contributed by atoms with Gasteiger partial charge >= 0.3 is 5.97 Å². The van der Waals surface area contributed by atoms with Gasteiger partial charge in [0.25, 0.3) is 5.91 Å². The first-order valence-corrected chi connectivity index (χ1v) is 9.04. The van der Waals surface area contributed by atoms with Gasteiger partial charge in [-0.3, -0.25) is 9.59 Å². The number of ether oxygens (including phenoxy) is 1. The van der Waals surface area contributed by atoms with Crippen molar-refractivity contribution >= 4 is 23.5 Å². The molecular formula is C22H26N2O4. The number of hydrogen-bond acceptors (Lipinski definition) is 4. The molecule has 0 fully saturated rings. The van der Waals surface area contributed by atoms with Crippen molar-refractivity contribution in [3.63, 3.8) is 0 Å². The molecule has 0 aliphatic heterocycles. The van der Waals surface area contributed by atoms with Crippen LogP contribution in [0, 0.1) is 27.7 Å². The number of carbonyl (C=O) groups excluding carboxylic acids is 3. The van der Waals surface area contributed by atoms with Crippen molar-refractivity contribution < 1.29 is 19.1 Å². The summed E-state index contributed by atoms with van der Waals surface area (Å²) in [5, 5.41) is 2.83. The predicted molar refractivity (Wildman–Crippen MR) is 108 cm³/mol. The first kappa shape index (κ1) is 21.2. The van der Waals surface area contributed by atoms with E-state index in [1.54, 1.807) is 12.1 Å². The number of rotatable bonds is 6. The highest BCUT2D eigenvalue weighted by Gasteiger charge is 2.18. The van der Waals surface area contributed by atoms with E-state index >= 15 is 0 Å². The minimum Gasteiger partial charge on any atom is -0.452 e. The minimum atomic E-state index is -0.553. The third-order valence-corrected chi connectivity index (χ3v) is 4.70. The zero-order chi connectivity index (χ0) is 20.8. The Morgan fingerprint density at radius 2 is 1.50 bits per heavy atom. The van der Waals surface area contributed by atoms with Gasteiger partial charge in [-0.25, -0.2) is 4.79 Å². The van der Waals surface area contributed by atoms with Crippen molar-refractivity contribution in [3.8, 4) is 0 Å². The highest BCUT2D eigenvalue weighted by atomic mass is 16.5. The Morgan fingerprint density at radius 3 is 2.14 bits per heavy atom. The molecule has 0 spiro atoms. The normalized spacial score (nSPS) is 10.3. The van der Waals surface area contributed by atoms with Crippen LogP contribution in [0.15, 0.2) is 36.4 Å². The molecule has 2 aromatic carbocycles. The van der Waals surface area contributed by atoms with Crippen LogP contribution in [0.5, 0.6) is 0 Å². The van der Waals surface area contributed by atoms with E-state index in [-0.39, 0.29) is 12.5 Å². The van der Waals surface area contributed by atoms with Crippen molar-refractivity contribution in [2.45, 2.75) is 27.7 Å². The average Bonchev–Trinajstić information content (AvgIpc) is 2.64. The number of benzene rings is 2. The second kappa shape index (κ2) is 9.17. The molecule has 0 aromatic heterocycles. The van der Waals surface area contributed by atoms with Crippen LogP contribution in [0.2, 0.25) is 0 Å². The van der Waals surface area contributed by atoms with Crippen molar-refractivity contribution in [2.24, 2.45) is 0 Å². The molecule has 2 amide bonds. The third kappa shape index (κ3) is 5.19. The van der Waals surface area contributed by atoms with Gasteiger partial charge in [-0.15, -0.1) is 0 Å².